The molecule has 3 amide bonds. The summed E-state index contributed by atoms with van der Waals surface area (Å²) in [6.45, 7) is 19.6. The molecule has 0 aliphatic heterocycles. The Labute approximate surface area is 218 Å². The first-order valence-electron chi connectivity index (χ1n) is 13.4. The van der Waals surface area contributed by atoms with Crippen molar-refractivity contribution < 1.29 is 19.1 Å². The van der Waals surface area contributed by atoms with Gasteiger partial charge in [-0.2, -0.15) is 0 Å². The third kappa shape index (κ3) is 10.2. The summed E-state index contributed by atoms with van der Waals surface area (Å²) in [6.07, 6.45) is 2.73. The summed E-state index contributed by atoms with van der Waals surface area (Å²) in [5, 5.41) is 5.83. The fourth-order valence-corrected chi connectivity index (χ4v) is 4.20. The number of hydrogen-bond acceptors (Lipinski definition) is 4. The highest BCUT2D eigenvalue weighted by atomic mass is 16.6. The molecule has 0 aliphatic rings. The van der Waals surface area contributed by atoms with E-state index in [1.807, 2.05) is 53.7 Å². The van der Waals surface area contributed by atoms with Crippen LogP contribution in [0, 0.1) is 19.8 Å². The Morgan fingerprint density at radius 3 is 2.00 bits per heavy atom. The molecule has 0 fully saturated rings. The number of amides is 3. The van der Waals surface area contributed by atoms with Crippen LogP contribution < -0.4 is 10.6 Å². The number of hydrogen-bond donors (Lipinski definition) is 2. The highest BCUT2D eigenvalue weighted by Gasteiger charge is 2.38. The summed E-state index contributed by atoms with van der Waals surface area (Å²) in [7, 11) is 0. The third-order valence-corrected chi connectivity index (χ3v) is 5.99. The molecular formula is C29H49N3O4. The number of rotatable bonds is 12. The Morgan fingerprint density at radius 2 is 1.53 bits per heavy atom. The number of benzene rings is 1. The number of unbranched alkanes of at least 4 members (excludes halogenated alkanes) is 2. The zero-order chi connectivity index (χ0) is 27.6. The molecular weight excluding hydrogens is 454 g/mol. The van der Waals surface area contributed by atoms with Crippen molar-refractivity contribution in [3.8, 4) is 0 Å². The molecule has 0 saturated carbocycles. The molecule has 7 nitrogen and oxygen atoms in total. The van der Waals surface area contributed by atoms with Crippen molar-refractivity contribution in [2.24, 2.45) is 5.92 Å². The molecule has 204 valence electrons. The molecule has 1 rings (SSSR count). The maximum atomic E-state index is 14.2. The standard InChI is InChI=1S/C29H49N3O4/c1-11-13-14-15-32(27(34)24(22(7)12-2)31-28(35)36-29(8,9)10)25(26(33)30-19(3)4)23-17-20(5)16-21(6)18-23/h16-19,22,24-25H,11-15H2,1-10H3,(H,30,33)(H,31,35). The van der Waals surface area contributed by atoms with Gasteiger partial charge in [-0.3, -0.25) is 9.59 Å². The maximum Gasteiger partial charge on any atom is 0.408 e. The van der Waals surface area contributed by atoms with Crippen molar-refractivity contribution in [2.45, 2.75) is 119 Å². The largest absolute Gasteiger partial charge is 0.444 e. The van der Waals surface area contributed by atoms with Crippen LogP contribution in [0.4, 0.5) is 4.79 Å². The minimum atomic E-state index is -0.813. The molecule has 3 unspecified atom stereocenters. The third-order valence-electron chi connectivity index (χ3n) is 5.99. The van der Waals surface area contributed by atoms with Crippen molar-refractivity contribution in [2.75, 3.05) is 6.54 Å². The molecule has 2 N–H and O–H groups in total. The summed E-state index contributed by atoms with van der Waals surface area (Å²) in [6, 6.07) is 4.29. The molecule has 0 spiro atoms. The van der Waals surface area contributed by atoms with E-state index in [1.165, 1.54) is 0 Å². The van der Waals surface area contributed by atoms with Crippen LogP contribution in [-0.2, 0) is 14.3 Å². The second kappa shape index (κ2) is 14.2. The minimum Gasteiger partial charge on any atom is -0.444 e. The normalized spacial score (nSPS) is 14.1. The van der Waals surface area contributed by atoms with E-state index < -0.39 is 23.8 Å². The lowest BCUT2D eigenvalue weighted by atomic mass is 9.94. The number of carbonyl (C=O) groups is 3. The molecule has 0 aliphatic carbocycles. The Kier molecular flexibility index (Phi) is 12.4. The van der Waals surface area contributed by atoms with Crippen molar-refractivity contribution in [3.05, 3.63) is 34.9 Å². The van der Waals surface area contributed by atoms with E-state index in [-0.39, 0.29) is 23.8 Å². The maximum absolute atomic E-state index is 14.2. The van der Waals surface area contributed by atoms with Crippen LogP contribution in [0.25, 0.3) is 0 Å². The average molecular weight is 504 g/mol. The number of alkyl carbamates (subject to hydrolysis) is 1. The Hall–Kier alpha value is -2.57. The van der Waals surface area contributed by atoms with Crippen molar-refractivity contribution in [1.82, 2.24) is 15.5 Å². The first-order chi connectivity index (χ1) is 16.7. The van der Waals surface area contributed by atoms with E-state index in [0.29, 0.717) is 13.0 Å². The number of aryl methyl sites for hydroxylation is 2. The van der Waals surface area contributed by atoms with Crippen molar-refractivity contribution in [3.63, 3.8) is 0 Å². The first kappa shape index (κ1) is 31.5. The van der Waals surface area contributed by atoms with Crippen molar-refractivity contribution in [1.29, 1.82) is 0 Å². The smallest absolute Gasteiger partial charge is 0.408 e. The number of nitrogens with zero attached hydrogens (tertiary/aromatic N) is 1. The lowest BCUT2D eigenvalue weighted by Gasteiger charge is -2.36. The van der Waals surface area contributed by atoms with E-state index >= 15 is 0 Å². The van der Waals surface area contributed by atoms with E-state index in [2.05, 4.69) is 23.6 Å². The van der Waals surface area contributed by atoms with Gasteiger partial charge >= 0.3 is 6.09 Å². The topological polar surface area (TPSA) is 87.7 Å². The monoisotopic (exact) mass is 503 g/mol. The molecule has 0 radical (unpaired) electrons. The van der Waals surface area contributed by atoms with E-state index in [4.69, 9.17) is 4.74 Å². The summed E-state index contributed by atoms with van der Waals surface area (Å²) >= 11 is 0. The van der Waals surface area contributed by atoms with Crippen LogP contribution in [0.5, 0.6) is 0 Å². The molecule has 1 aromatic carbocycles. The van der Waals surface area contributed by atoms with Crippen LogP contribution in [0.15, 0.2) is 18.2 Å². The quantitative estimate of drug-likeness (QED) is 0.352. The predicted molar refractivity (Wildman–Crippen MR) is 146 cm³/mol. The van der Waals surface area contributed by atoms with Gasteiger partial charge in [0, 0.05) is 12.6 Å². The van der Waals surface area contributed by atoms with E-state index in [1.54, 1.807) is 25.7 Å². The fourth-order valence-electron chi connectivity index (χ4n) is 4.20. The van der Waals surface area contributed by atoms with Gasteiger partial charge in [-0.05, 0) is 66.4 Å². The molecule has 1 aromatic rings. The van der Waals surface area contributed by atoms with Gasteiger partial charge in [-0.25, -0.2) is 4.79 Å². The van der Waals surface area contributed by atoms with Crippen LogP contribution in [0.2, 0.25) is 0 Å². The van der Waals surface area contributed by atoms with E-state index in [9.17, 15) is 14.4 Å². The summed E-state index contributed by atoms with van der Waals surface area (Å²) in [5.41, 5.74) is 2.14. The minimum absolute atomic E-state index is 0.0799. The Morgan fingerprint density at radius 1 is 0.944 bits per heavy atom. The predicted octanol–water partition coefficient (Wildman–Crippen LogP) is 5.83. The van der Waals surface area contributed by atoms with Gasteiger partial charge in [0.2, 0.25) is 11.8 Å². The van der Waals surface area contributed by atoms with Gasteiger partial charge in [0.1, 0.15) is 17.7 Å². The summed E-state index contributed by atoms with van der Waals surface area (Å²) in [4.78, 5) is 42.2. The number of ether oxygens (including phenoxy) is 1. The summed E-state index contributed by atoms with van der Waals surface area (Å²) in [5.74, 6) is -0.638. The van der Waals surface area contributed by atoms with Crippen LogP contribution in [0.1, 0.15) is 104 Å². The average Bonchev–Trinajstić information content (AvgIpc) is 2.73. The van der Waals surface area contributed by atoms with Crippen LogP contribution >= 0.6 is 0 Å². The van der Waals surface area contributed by atoms with Gasteiger partial charge in [-0.1, -0.05) is 69.4 Å². The van der Waals surface area contributed by atoms with Gasteiger partial charge in [0.25, 0.3) is 0 Å². The molecule has 36 heavy (non-hydrogen) atoms. The second-order valence-corrected chi connectivity index (χ2v) is 11.2. The Bertz CT molecular complexity index is 856. The molecule has 0 heterocycles. The van der Waals surface area contributed by atoms with Crippen LogP contribution in [0.3, 0.4) is 0 Å². The Balaban J connectivity index is 3.57. The summed E-state index contributed by atoms with van der Waals surface area (Å²) < 4.78 is 5.47. The fraction of sp³-hybridized carbons (Fsp3) is 0.690. The SMILES string of the molecule is CCCCCN(C(=O)C(NC(=O)OC(C)(C)C)C(C)CC)C(C(=O)NC(C)C)c1cc(C)cc(C)c1. The molecule has 0 bridgehead atoms. The second-order valence-electron chi connectivity index (χ2n) is 11.2. The van der Waals surface area contributed by atoms with Gasteiger partial charge in [0.15, 0.2) is 0 Å². The number of nitrogens with one attached hydrogen (secondary N) is 2. The van der Waals surface area contributed by atoms with E-state index in [0.717, 1.165) is 36.0 Å². The highest BCUT2D eigenvalue weighted by molar-refractivity contribution is 5.92. The lowest BCUT2D eigenvalue weighted by Crippen LogP contribution is -2.55. The van der Waals surface area contributed by atoms with Gasteiger partial charge < -0.3 is 20.3 Å². The first-order valence-corrected chi connectivity index (χ1v) is 13.4. The molecule has 0 saturated heterocycles. The number of carbonyl (C=O) groups excluding carboxylic acids is 3. The molecule has 0 aromatic heterocycles. The highest BCUT2D eigenvalue weighted by Crippen LogP contribution is 2.27. The lowest BCUT2D eigenvalue weighted by molar-refractivity contribution is -0.143. The van der Waals surface area contributed by atoms with Gasteiger partial charge in [0.05, 0.1) is 0 Å². The van der Waals surface area contributed by atoms with Crippen LogP contribution in [-0.4, -0.2) is 47.0 Å². The van der Waals surface area contributed by atoms with Crippen molar-refractivity contribution >= 4 is 17.9 Å². The molecule has 3 atom stereocenters. The van der Waals surface area contributed by atoms with Gasteiger partial charge in [-0.15, -0.1) is 0 Å². The zero-order valence-corrected chi connectivity index (χ0v) is 24.2. The molecule has 7 heteroatoms. The zero-order valence-electron chi connectivity index (χ0n) is 24.2.